The van der Waals surface area contributed by atoms with Crippen LogP contribution < -0.4 is 0 Å². The van der Waals surface area contributed by atoms with Crippen LogP contribution in [0.15, 0.2) is 11.6 Å². The molecule has 0 aliphatic carbocycles. The molecule has 0 saturated heterocycles. The van der Waals surface area contributed by atoms with Gasteiger partial charge in [-0.25, -0.2) is 4.79 Å². The van der Waals surface area contributed by atoms with Gasteiger partial charge >= 0.3 is 5.97 Å². The normalized spacial score (nSPS) is 6.43. The molecule has 7 heavy (non-hydrogen) atoms. The number of carboxylic acid groups (broad SMARTS) is 1. The van der Waals surface area contributed by atoms with Crippen molar-refractivity contribution in [2.45, 2.75) is 0 Å². The van der Waals surface area contributed by atoms with Crippen LogP contribution in [0.5, 0.6) is 0 Å². The summed E-state index contributed by atoms with van der Waals surface area (Å²) in [4.78, 5) is 9.47. The molecule has 0 aromatic carbocycles. The van der Waals surface area contributed by atoms with Gasteiger partial charge in [-0.2, -0.15) is 0 Å². The number of hydrogen-bond donors (Lipinski definition) is 1. The van der Waals surface area contributed by atoms with E-state index in [4.69, 9.17) is 16.7 Å². The number of aliphatic carboxylic acids is 1. The maximum atomic E-state index is 9.47. The van der Waals surface area contributed by atoms with E-state index in [-0.39, 0.29) is 17.4 Å². The molecule has 0 saturated carbocycles. The van der Waals surface area contributed by atoms with Crippen LogP contribution in [0.3, 0.4) is 0 Å². The quantitative estimate of drug-likeness (QED) is 0.560. The molecule has 2 nitrogen and oxygen atoms in total. The minimum Gasteiger partial charge on any atom is -0.477 e. The molecule has 0 fully saturated rings. The lowest BCUT2D eigenvalue weighted by Crippen LogP contribution is -1.89. The first-order valence-corrected chi connectivity index (χ1v) is 1.60. The lowest BCUT2D eigenvalue weighted by atomic mass is 10.7. The highest BCUT2D eigenvalue weighted by molar-refractivity contribution is 6.40. The van der Waals surface area contributed by atoms with Gasteiger partial charge < -0.3 is 5.11 Å². The standard InChI is InChI=1S/C3H3ClO2.ClH/c1-2(4)3(5)6;/h1H2,(H,5,6);1H. The molecule has 0 aromatic heterocycles. The molecular formula is C3H4Cl2O2. The molecule has 4 heteroatoms. The van der Waals surface area contributed by atoms with Gasteiger partial charge in [0.1, 0.15) is 5.03 Å². The summed E-state index contributed by atoms with van der Waals surface area (Å²) in [6, 6.07) is 0. The number of carbonyl (C=O) groups is 1. The summed E-state index contributed by atoms with van der Waals surface area (Å²) in [5, 5.41) is 7.41. The fourth-order valence-corrected chi connectivity index (χ4v) is 0. The Hall–Kier alpha value is -0.210. The van der Waals surface area contributed by atoms with Gasteiger partial charge in [0.05, 0.1) is 0 Å². The third-order valence-electron chi connectivity index (χ3n) is 0.232. The highest BCUT2D eigenvalue weighted by atomic mass is 35.5. The Morgan fingerprint density at radius 1 is 1.71 bits per heavy atom. The summed E-state index contributed by atoms with van der Waals surface area (Å²) in [6.45, 7) is 2.92. The van der Waals surface area contributed by atoms with Crippen LogP contribution in [0.4, 0.5) is 0 Å². The van der Waals surface area contributed by atoms with Gasteiger partial charge in [0.25, 0.3) is 0 Å². The van der Waals surface area contributed by atoms with Gasteiger partial charge in [-0.15, -0.1) is 12.4 Å². The van der Waals surface area contributed by atoms with Gasteiger partial charge in [-0.3, -0.25) is 0 Å². The van der Waals surface area contributed by atoms with Gasteiger partial charge in [-0.05, 0) is 0 Å². The Bertz CT molecular complexity index is 76.9. The van der Waals surface area contributed by atoms with Crippen molar-refractivity contribution in [3.63, 3.8) is 0 Å². The molecule has 0 rings (SSSR count). The smallest absolute Gasteiger partial charge is 0.346 e. The monoisotopic (exact) mass is 142 g/mol. The Morgan fingerprint density at radius 2 is 1.86 bits per heavy atom. The maximum Gasteiger partial charge on any atom is 0.346 e. The summed E-state index contributed by atoms with van der Waals surface area (Å²) in [5.74, 6) is -1.17. The van der Waals surface area contributed by atoms with Gasteiger partial charge in [0.2, 0.25) is 0 Å². The van der Waals surface area contributed by atoms with Crippen molar-refractivity contribution in [2.75, 3.05) is 0 Å². The van der Waals surface area contributed by atoms with E-state index in [2.05, 4.69) is 6.58 Å². The Morgan fingerprint density at radius 3 is 1.86 bits per heavy atom. The Balaban J connectivity index is 0. The van der Waals surface area contributed by atoms with E-state index in [1.807, 2.05) is 0 Å². The molecule has 0 unspecified atom stereocenters. The summed E-state index contributed by atoms with van der Waals surface area (Å²) in [7, 11) is 0. The third kappa shape index (κ3) is 5.79. The van der Waals surface area contributed by atoms with E-state index in [9.17, 15) is 4.79 Å². The summed E-state index contributed by atoms with van der Waals surface area (Å²) in [5.41, 5.74) is 0. The van der Waals surface area contributed by atoms with Crippen molar-refractivity contribution < 1.29 is 9.90 Å². The second-order valence-corrected chi connectivity index (χ2v) is 1.17. The average molecular weight is 143 g/mol. The topological polar surface area (TPSA) is 37.3 Å². The molecule has 0 bridgehead atoms. The minimum absolute atomic E-state index is 0. The van der Waals surface area contributed by atoms with Crippen LogP contribution in [0.2, 0.25) is 0 Å². The predicted octanol–water partition coefficient (Wildman–Crippen LogP) is 1.25. The average Bonchev–Trinajstić information content (AvgIpc) is 1.36. The number of rotatable bonds is 1. The number of carboxylic acids is 1. The van der Waals surface area contributed by atoms with Crippen molar-refractivity contribution in [3.8, 4) is 0 Å². The van der Waals surface area contributed by atoms with E-state index in [1.165, 1.54) is 0 Å². The van der Waals surface area contributed by atoms with Crippen molar-refractivity contribution in [1.29, 1.82) is 0 Å². The second-order valence-electron chi connectivity index (χ2n) is 0.710. The van der Waals surface area contributed by atoms with Crippen LogP contribution in [-0.2, 0) is 4.79 Å². The minimum atomic E-state index is -1.17. The molecule has 1 N–H and O–H groups in total. The highest BCUT2D eigenvalue weighted by Gasteiger charge is 1.93. The lowest BCUT2D eigenvalue weighted by molar-refractivity contribution is -0.131. The van der Waals surface area contributed by atoms with Crippen LogP contribution in [0.1, 0.15) is 0 Å². The van der Waals surface area contributed by atoms with Gasteiger partial charge in [-0.1, -0.05) is 18.2 Å². The molecule has 0 aromatic rings. The molecule has 42 valence electrons. The van der Waals surface area contributed by atoms with Gasteiger partial charge in [0.15, 0.2) is 0 Å². The predicted molar refractivity (Wildman–Crippen MR) is 29.9 cm³/mol. The van der Waals surface area contributed by atoms with Crippen LogP contribution in [0, 0.1) is 0 Å². The molecule has 0 aliphatic heterocycles. The van der Waals surface area contributed by atoms with Crippen molar-refractivity contribution in [1.82, 2.24) is 0 Å². The summed E-state index contributed by atoms with van der Waals surface area (Å²) < 4.78 is 0. The Kier molecular flexibility index (Phi) is 5.62. The Labute approximate surface area is 52.2 Å². The van der Waals surface area contributed by atoms with E-state index < -0.39 is 5.97 Å². The first kappa shape index (κ1) is 9.92. The molecule has 0 radical (unpaired) electrons. The van der Waals surface area contributed by atoms with Crippen molar-refractivity contribution >= 4 is 30.0 Å². The second kappa shape index (κ2) is 3.96. The first-order valence-electron chi connectivity index (χ1n) is 1.22. The van der Waals surface area contributed by atoms with Crippen LogP contribution in [0.25, 0.3) is 0 Å². The van der Waals surface area contributed by atoms with E-state index in [0.717, 1.165) is 0 Å². The molecule has 0 heterocycles. The van der Waals surface area contributed by atoms with Gasteiger partial charge in [0, 0.05) is 0 Å². The lowest BCUT2D eigenvalue weighted by Gasteiger charge is -1.76. The summed E-state index contributed by atoms with van der Waals surface area (Å²) >= 11 is 4.82. The maximum absolute atomic E-state index is 9.47. The fraction of sp³-hybridized carbons (Fsp3) is 0. The molecule has 0 spiro atoms. The molecule has 0 amide bonds. The zero-order chi connectivity index (χ0) is 5.15. The first-order chi connectivity index (χ1) is 2.64. The van der Waals surface area contributed by atoms with E-state index >= 15 is 0 Å². The summed E-state index contributed by atoms with van der Waals surface area (Å²) in [6.07, 6.45) is 0. The van der Waals surface area contributed by atoms with E-state index in [1.54, 1.807) is 0 Å². The fourth-order valence-electron chi connectivity index (χ4n) is 0. The molecule has 0 atom stereocenters. The SMILES string of the molecule is C=C(Cl)C(=O)O.Cl. The van der Waals surface area contributed by atoms with Crippen molar-refractivity contribution in [2.24, 2.45) is 0 Å². The molecular weight excluding hydrogens is 139 g/mol. The third-order valence-corrected chi connectivity index (χ3v) is 0.394. The zero-order valence-corrected chi connectivity index (χ0v) is 4.92. The molecule has 0 aliphatic rings. The largest absolute Gasteiger partial charge is 0.477 e. The highest BCUT2D eigenvalue weighted by Crippen LogP contribution is 1.92. The van der Waals surface area contributed by atoms with Crippen molar-refractivity contribution in [3.05, 3.63) is 11.6 Å². The number of hydrogen-bond acceptors (Lipinski definition) is 1. The van der Waals surface area contributed by atoms with Crippen LogP contribution >= 0.6 is 24.0 Å². The zero-order valence-electron chi connectivity index (χ0n) is 3.35. The van der Waals surface area contributed by atoms with Crippen LogP contribution in [-0.4, -0.2) is 11.1 Å². The number of halogens is 2. The van der Waals surface area contributed by atoms with E-state index in [0.29, 0.717) is 0 Å².